The van der Waals surface area contributed by atoms with Crippen molar-refractivity contribution in [1.82, 2.24) is 0 Å². The number of carbonyl (C=O) groups excluding carboxylic acids is 4. The second-order valence-electron chi connectivity index (χ2n) is 5.10. The van der Waals surface area contributed by atoms with Crippen LogP contribution in [0, 0.1) is 0 Å². The highest BCUT2D eigenvalue weighted by Gasteiger charge is 2.12. The van der Waals surface area contributed by atoms with Crippen LogP contribution >= 0.6 is 15.9 Å². The van der Waals surface area contributed by atoms with Crippen LogP contribution in [0.3, 0.4) is 0 Å². The van der Waals surface area contributed by atoms with E-state index in [9.17, 15) is 19.2 Å². The maximum absolute atomic E-state index is 11.7. The zero-order valence-electron chi connectivity index (χ0n) is 14.2. The van der Waals surface area contributed by atoms with Crippen LogP contribution in [-0.4, -0.2) is 37.6 Å². The van der Waals surface area contributed by atoms with Gasteiger partial charge in [0, 0.05) is 23.0 Å². The predicted octanol–water partition coefficient (Wildman–Crippen LogP) is 2.50. The Balaban J connectivity index is 2.17. The smallest absolute Gasteiger partial charge is 0.331 e. The van der Waals surface area contributed by atoms with Crippen LogP contribution in [0.15, 0.2) is 40.9 Å². The number of hydrogen-bond acceptors (Lipinski definition) is 7. The summed E-state index contributed by atoms with van der Waals surface area (Å²) >= 11 is 3.32. The third-order valence-corrected chi connectivity index (χ3v) is 3.87. The van der Waals surface area contributed by atoms with Crippen LogP contribution in [0.5, 0.6) is 0 Å². The highest BCUT2D eigenvalue weighted by Crippen LogP contribution is 2.16. The average molecular weight is 427 g/mol. The molecule has 8 heteroatoms. The van der Waals surface area contributed by atoms with Gasteiger partial charge in [-0.1, -0.05) is 34.1 Å². The maximum Gasteiger partial charge on any atom is 0.331 e. The minimum atomic E-state index is -0.679. The number of carbonyl (C=O) groups is 4. The quantitative estimate of drug-likeness (QED) is 0.196. The van der Waals surface area contributed by atoms with Crippen LogP contribution in [-0.2, 0) is 39.8 Å². The molecule has 0 aromatic heterocycles. The van der Waals surface area contributed by atoms with Crippen molar-refractivity contribution in [3.63, 3.8) is 0 Å². The molecule has 0 aliphatic rings. The maximum atomic E-state index is 11.7. The lowest BCUT2D eigenvalue weighted by atomic mass is 10.1. The summed E-state index contributed by atoms with van der Waals surface area (Å²) in [6, 6.07) is 7.17. The molecule has 0 saturated carbocycles. The first kappa shape index (κ1) is 21.6. The molecule has 0 fully saturated rings. The van der Waals surface area contributed by atoms with Gasteiger partial charge in [-0.3, -0.25) is 9.59 Å². The third-order valence-electron chi connectivity index (χ3n) is 3.10. The molecule has 7 nitrogen and oxygen atoms in total. The van der Waals surface area contributed by atoms with E-state index in [0.717, 1.165) is 22.2 Å². The molecule has 0 saturated heterocycles. The van der Waals surface area contributed by atoms with Crippen LogP contribution in [0.1, 0.15) is 24.8 Å². The van der Waals surface area contributed by atoms with E-state index >= 15 is 0 Å². The van der Waals surface area contributed by atoms with Gasteiger partial charge in [0.1, 0.15) is 0 Å². The third kappa shape index (κ3) is 9.12. The summed E-state index contributed by atoms with van der Waals surface area (Å²) in [4.78, 5) is 45.4. The van der Waals surface area contributed by atoms with Crippen molar-refractivity contribution in [3.05, 3.63) is 46.5 Å². The molecule has 0 aliphatic carbocycles. The lowest BCUT2D eigenvalue weighted by molar-refractivity contribution is -0.159. The first-order chi connectivity index (χ1) is 12.4. The molecule has 1 rings (SSSR count). The normalized spacial score (nSPS) is 10.4. The zero-order valence-corrected chi connectivity index (χ0v) is 15.8. The van der Waals surface area contributed by atoms with Crippen molar-refractivity contribution in [1.29, 1.82) is 0 Å². The fourth-order valence-electron chi connectivity index (χ4n) is 1.81. The van der Waals surface area contributed by atoms with Crippen molar-refractivity contribution in [2.24, 2.45) is 0 Å². The van der Waals surface area contributed by atoms with Gasteiger partial charge in [0.25, 0.3) is 0 Å². The van der Waals surface area contributed by atoms with Crippen molar-refractivity contribution >= 4 is 39.8 Å². The molecule has 140 valence electrons. The minimum absolute atomic E-state index is 0.00267. The first-order valence-electron chi connectivity index (χ1n) is 7.82. The number of hydrogen-bond donors (Lipinski definition) is 0. The number of halogens is 1. The zero-order chi connectivity index (χ0) is 19.4. The van der Waals surface area contributed by atoms with E-state index in [1.54, 1.807) is 18.2 Å². The summed E-state index contributed by atoms with van der Waals surface area (Å²) in [7, 11) is 1.19. The molecule has 0 unspecified atom stereocenters. The molecule has 0 N–H and O–H groups in total. The van der Waals surface area contributed by atoms with E-state index in [2.05, 4.69) is 20.7 Å². The summed E-state index contributed by atoms with van der Waals surface area (Å²) in [6.07, 6.45) is 2.77. The minimum Gasteiger partial charge on any atom is -0.466 e. The second-order valence-corrected chi connectivity index (χ2v) is 5.95. The van der Waals surface area contributed by atoms with Gasteiger partial charge in [0.15, 0.2) is 0 Å². The Morgan fingerprint density at radius 3 is 2.38 bits per heavy atom. The topological polar surface area (TPSA) is 96.0 Å². The van der Waals surface area contributed by atoms with Crippen molar-refractivity contribution < 1.29 is 33.4 Å². The Hall–Kier alpha value is -2.48. The van der Waals surface area contributed by atoms with Gasteiger partial charge in [-0.25, -0.2) is 9.59 Å². The monoisotopic (exact) mass is 426 g/mol. The van der Waals surface area contributed by atoms with Gasteiger partial charge in [-0.15, -0.1) is 0 Å². The molecule has 26 heavy (non-hydrogen) atoms. The number of ether oxygens (including phenoxy) is 3. The van der Waals surface area contributed by atoms with Gasteiger partial charge in [-0.2, -0.15) is 0 Å². The van der Waals surface area contributed by atoms with E-state index in [1.807, 2.05) is 6.07 Å². The molecule has 0 heterocycles. The molecule has 0 atom stereocenters. The van der Waals surface area contributed by atoms with Crippen molar-refractivity contribution in [2.45, 2.75) is 25.7 Å². The molecule has 0 amide bonds. The Kier molecular flexibility index (Phi) is 9.93. The van der Waals surface area contributed by atoms with Crippen LogP contribution in [0.4, 0.5) is 0 Å². The number of unbranched alkanes of at least 4 members (excludes halogenated alkanes) is 1. The number of rotatable bonds is 9. The van der Waals surface area contributed by atoms with Gasteiger partial charge in [-0.05, 0) is 24.5 Å². The van der Waals surface area contributed by atoms with Crippen molar-refractivity contribution in [2.75, 3.05) is 13.7 Å². The van der Waals surface area contributed by atoms with Gasteiger partial charge in [0.05, 0.1) is 20.1 Å². The first-order valence-corrected chi connectivity index (χ1v) is 8.61. The largest absolute Gasteiger partial charge is 0.466 e. The standard InChI is InChI=1S/C18H19BrO7/c1-24-15(20)9-10-16(21)25-11-5-4-8-17(22)26-18(23)12-13-6-2-3-7-14(13)19/h2-3,6-7,9-10H,4-5,8,11-12H2,1H3. The SMILES string of the molecule is COC(=O)C=CC(=O)OCCCCC(=O)OC(=O)Cc1ccccc1Br. The summed E-state index contributed by atoms with van der Waals surface area (Å²) in [6.45, 7) is 0.0858. The summed E-state index contributed by atoms with van der Waals surface area (Å²) in [5.41, 5.74) is 0.734. The lowest BCUT2D eigenvalue weighted by Crippen LogP contribution is -2.14. The Labute approximate surface area is 159 Å². The van der Waals surface area contributed by atoms with E-state index < -0.39 is 23.9 Å². The molecular weight excluding hydrogens is 408 g/mol. The summed E-state index contributed by atoms with van der Waals surface area (Å²) in [5, 5.41) is 0. The Morgan fingerprint density at radius 1 is 1.00 bits per heavy atom. The van der Waals surface area contributed by atoms with Crippen LogP contribution < -0.4 is 0 Å². The molecular formula is C18H19BrO7. The van der Waals surface area contributed by atoms with Crippen molar-refractivity contribution in [3.8, 4) is 0 Å². The lowest BCUT2D eigenvalue weighted by Gasteiger charge is -2.05. The molecule has 0 aliphatic heterocycles. The molecule has 0 radical (unpaired) electrons. The van der Waals surface area contributed by atoms with E-state index in [-0.39, 0.29) is 19.4 Å². The van der Waals surface area contributed by atoms with E-state index in [1.165, 1.54) is 7.11 Å². The van der Waals surface area contributed by atoms with Crippen LogP contribution in [0.25, 0.3) is 0 Å². The molecule has 0 bridgehead atoms. The van der Waals surface area contributed by atoms with E-state index in [0.29, 0.717) is 12.8 Å². The van der Waals surface area contributed by atoms with Gasteiger partial charge in [0.2, 0.25) is 0 Å². The number of esters is 4. The fourth-order valence-corrected chi connectivity index (χ4v) is 2.23. The molecule has 1 aromatic carbocycles. The predicted molar refractivity (Wildman–Crippen MR) is 94.9 cm³/mol. The highest BCUT2D eigenvalue weighted by atomic mass is 79.9. The molecule has 1 aromatic rings. The Bertz CT molecular complexity index is 682. The van der Waals surface area contributed by atoms with Crippen LogP contribution in [0.2, 0.25) is 0 Å². The second kappa shape index (κ2) is 12.0. The Morgan fingerprint density at radius 2 is 1.69 bits per heavy atom. The fraction of sp³-hybridized carbons (Fsp3) is 0.333. The van der Waals surface area contributed by atoms with E-state index in [4.69, 9.17) is 9.47 Å². The van der Waals surface area contributed by atoms with Gasteiger partial charge >= 0.3 is 23.9 Å². The number of methoxy groups -OCH3 is 1. The highest BCUT2D eigenvalue weighted by molar-refractivity contribution is 9.10. The van der Waals surface area contributed by atoms with Gasteiger partial charge < -0.3 is 14.2 Å². The average Bonchev–Trinajstić information content (AvgIpc) is 2.61. The molecule has 0 spiro atoms. The summed E-state index contributed by atoms with van der Waals surface area (Å²) < 4.78 is 14.7. The summed E-state index contributed by atoms with van der Waals surface area (Å²) in [5.74, 6) is -2.58. The number of benzene rings is 1.